The number of nitrogens with zero attached hydrogens (tertiary/aromatic N) is 2. The molecule has 1 atom stereocenters. The number of rotatable bonds is 6. The Morgan fingerprint density at radius 1 is 1.55 bits per heavy atom. The van der Waals surface area contributed by atoms with E-state index in [-0.39, 0.29) is 6.54 Å². The molecule has 20 heavy (non-hydrogen) atoms. The molecular weight excluding hydrogens is 268 g/mol. The van der Waals surface area contributed by atoms with Gasteiger partial charge in [0.1, 0.15) is 6.10 Å². The first-order chi connectivity index (χ1) is 9.38. The second-order valence-corrected chi connectivity index (χ2v) is 5.14. The molecule has 1 saturated heterocycles. The third-order valence-corrected chi connectivity index (χ3v) is 3.26. The van der Waals surface area contributed by atoms with Crippen molar-refractivity contribution in [2.45, 2.75) is 45.3 Å². The maximum absolute atomic E-state index is 12.9. The average molecular weight is 287 g/mol. The molecule has 2 rings (SSSR count). The minimum atomic E-state index is -3.32. The zero-order chi connectivity index (χ0) is 14.8. The molecule has 1 aromatic rings. The van der Waals surface area contributed by atoms with E-state index in [9.17, 15) is 13.6 Å². The SMILES string of the molecule is Cc1cc(C)n(CCCNCC2CC(F)(F)C(=O)O2)n1. The molecular formula is C13H19F2N3O2. The van der Waals surface area contributed by atoms with Crippen molar-refractivity contribution in [2.75, 3.05) is 13.1 Å². The van der Waals surface area contributed by atoms with Gasteiger partial charge < -0.3 is 10.1 Å². The van der Waals surface area contributed by atoms with E-state index in [0.717, 1.165) is 24.4 Å². The minimum Gasteiger partial charge on any atom is -0.456 e. The fourth-order valence-electron chi connectivity index (χ4n) is 2.28. The fraction of sp³-hybridized carbons (Fsp3) is 0.692. The summed E-state index contributed by atoms with van der Waals surface area (Å²) in [6.45, 7) is 5.63. The second kappa shape index (κ2) is 5.87. The largest absolute Gasteiger partial charge is 0.456 e. The average Bonchev–Trinajstić information content (AvgIpc) is 2.79. The van der Waals surface area contributed by atoms with Crippen molar-refractivity contribution < 1.29 is 18.3 Å². The Kier molecular flexibility index (Phi) is 4.37. The molecule has 1 aromatic heterocycles. The van der Waals surface area contributed by atoms with Crippen LogP contribution < -0.4 is 5.32 Å². The lowest BCUT2D eigenvalue weighted by atomic mass is 10.2. The van der Waals surface area contributed by atoms with Crippen LogP contribution in [0.2, 0.25) is 0 Å². The van der Waals surface area contributed by atoms with Crippen molar-refractivity contribution in [3.63, 3.8) is 0 Å². The van der Waals surface area contributed by atoms with Crippen molar-refractivity contribution in [1.82, 2.24) is 15.1 Å². The maximum Gasteiger partial charge on any atom is 0.377 e. The van der Waals surface area contributed by atoms with Gasteiger partial charge in [0.15, 0.2) is 0 Å². The highest BCUT2D eigenvalue weighted by atomic mass is 19.3. The van der Waals surface area contributed by atoms with Crippen LogP contribution in [0.1, 0.15) is 24.2 Å². The van der Waals surface area contributed by atoms with Crippen molar-refractivity contribution in [3.05, 3.63) is 17.5 Å². The molecule has 0 bridgehead atoms. The number of carbonyl (C=O) groups excluding carboxylic acids is 1. The van der Waals surface area contributed by atoms with Gasteiger partial charge in [0, 0.05) is 18.8 Å². The van der Waals surface area contributed by atoms with Gasteiger partial charge in [0.25, 0.3) is 0 Å². The quantitative estimate of drug-likeness (QED) is 0.635. The van der Waals surface area contributed by atoms with Gasteiger partial charge in [0.05, 0.1) is 12.1 Å². The number of alkyl halides is 2. The number of ether oxygens (including phenoxy) is 1. The number of hydrogen-bond donors (Lipinski definition) is 1. The predicted octanol–water partition coefficient (Wildman–Crippen LogP) is 1.43. The zero-order valence-electron chi connectivity index (χ0n) is 11.7. The van der Waals surface area contributed by atoms with Gasteiger partial charge in [-0.15, -0.1) is 0 Å². The Labute approximate surface area is 116 Å². The van der Waals surface area contributed by atoms with Gasteiger partial charge in [-0.25, -0.2) is 4.79 Å². The molecule has 0 amide bonds. The summed E-state index contributed by atoms with van der Waals surface area (Å²) in [7, 11) is 0. The van der Waals surface area contributed by atoms with Crippen molar-refractivity contribution >= 4 is 5.97 Å². The number of carbonyl (C=O) groups is 1. The fourth-order valence-corrected chi connectivity index (χ4v) is 2.28. The lowest BCUT2D eigenvalue weighted by molar-refractivity contribution is -0.159. The van der Waals surface area contributed by atoms with E-state index >= 15 is 0 Å². The van der Waals surface area contributed by atoms with E-state index in [4.69, 9.17) is 0 Å². The maximum atomic E-state index is 12.9. The molecule has 1 fully saturated rings. The number of aromatic nitrogens is 2. The van der Waals surface area contributed by atoms with Crippen LogP contribution in [-0.4, -0.2) is 40.9 Å². The van der Waals surface area contributed by atoms with Gasteiger partial charge in [0.2, 0.25) is 0 Å². The molecule has 0 radical (unpaired) electrons. The van der Waals surface area contributed by atoms with E-state index in [2.05, 4.69) is 15.2 Å². The van der Waals surface area contributed by atoms with Crippen molar-refractivity contribution in [2.24, 2.45) is 0 Å². The summed E-state index contributed by atoms with van der Waals surface area (Å²) in [5.74, 6) is -4.73. The Balaban J connectivity index is 1.63. The molecule has 112 valence electrons. The molecule has 1 N–H and O–H groups in total. The monoisotopic (exact) mass is 287 g/mol. The van der Waals surface area contributed by atoms with Gasteiger partial charge in [-0.1, -0.05) is 0 Å². The second-order valence-electron chi connectivity index (χ2n) is 5.14. The molecule has 5 nitrogen and oxygen atoms in total. The third-order valence-electron chi connectivity index (χ3n) is 3.26. The summed E-state index contributed by atoms with van der Waals surface area (Å²) in [5, 5.41) is 7.37. The highest BCUT2D eigenvalue weighted by molar-refractivity contribution is 5.79. The molecule has 0 saturated carbocycles. The number of halogens is 2. The molecule has 7 heteroatoms. The van der Waals surface area contributed by atoms with E-state index < -0.39 is 24.4 Å². The Morgan fingerprint density at radius 3 is 2.85 bits per heavy atom. The predicted molar refractivity (Wildman–Crippen MR) is 68.6 cm³/mol. The Bertz CT molecular complexity index is 488. The summed E-state index contributed by atoms with van der Waals surface area (Å²) in [6.07, 6.45) is -0.429. The van der Waals surface area contributed by atoms with Crippen LogP contribution in [0.5, 0.6) is 0 Å². The van der Waals surface area contributed by atoms with Crippen LogP contribution >= 0.6 is 0 Å². The number of hydrogen-bond acceptors (Lipinski definition) is 4. The Hall–Kier alpha value is -1.50. The lowest BCUT2D eigenvalue weighted by Gasteiger charge is -2.10. The summed E-state index contributed by atoms with van der Waals surface area (Å²) >= 11 is 0. The molecule has 0 aromatic carbocycles. The van der Waals surface area contributed by atoms with Gasteiger partial charge in [-0.05, 0) is 32.9 Å². The summed E-state index contributed by atoms with van der Waals surface area (Å²) in [4.78, 5) is 10.8. The van der Waals surface area contributed by atoms with Gasteiger partial charge in [-0.3, -0.25) is 4.68 Å². The van der Waals surface area contributed by atoms with Crippen molar-refractivity contribution in [1.29, 1.82) is 0 Å². The number of cyclic esters (lactones) is 1. The van der Waals surface area contributed by atoms with Crippen LogP contribution in [0, 0.1) is 13.8 Å². The number of esters is 1. The van der Waals surface area contributed by atoms with Gasteiger partial charge >= 0.3 is 11.9 Å². The van der Waals surface area contributed by atoms with Crippen LogP contribution in [0.3, 0.4) is 0 Å². The smallest absolute Gasteiger partial charge is 0.377 e. The van der Waals surface area contributed by atoms with Crippen LogP contribution in [0.4, 0.5) is 8.78 Å². The minimum absolute atomic E-state index is 0.262. The molecule has 0 spiro atoms. The molecule has 1 aliphatic heterocycles. The Morgan fingerprint density at radius 2 is 2.30 bits per heavy atom. The first kappa shape index (κ1) is 14.9. The van der Waals surface area contributed by atoms with Crippen LogP contribution in [-0.2, 0) is 16.1 Å². The van der Waals surface area contributed by atoms with E-state index in [1.54, 1.807) is 0 Å². The van der Waals surface area contributed by atoms with Crippen LogP contribution in [0.25, 0.3) is 0 Å². The van der Waals surface area contributed by atoms with E-state index in [1.165, 1.54) is 0 Å². The summed E-state index contributed by atoms with van der Waals surface area (Å²) in [6, 6.07) is 2.01. The molecule has 1 aliphatic rings. The normalized spacial score (nSPS) is 21.2. The summed E-state index contributed by atoms with van der Waals surface area (Å²) < 4.78 is 32.3. The first-order valence-corrected chi connectivity index (χ1v) is 6.69. The molecule has 2 heterocycles. The molecule has 1 unspecified atom stereocenters. The lowest BCUT2D eigenvalue weighted by Crippen LogP contribution is -2.28. The van der Waals surface area contributed by atoms with Crippen LogP contribution in [0.15, 0.2) is 6.07 Å². The van der Waals surface area contributed by atoms with E-state index in [1.807, 2.05) is 24.6 Å². The summed E-state index contributed by atoms with van der Waals surface area (Å²) in [5.41, 5.74) is 2.09. The first-order valence-electron chi connectivity index (χ1n) is 6.69. The van der Waals surface area contributed by atoms with Crippen molar-refractivity contribution in [3.8, 4) is 0 Å². The van der Waals surface area contributed by atoms with Gasteiger partial charge in [-0.2, -0.15) is 13.9 Å². The number of nitrogens with one attached hydrogen (secondary N) is 1. The van der Waals surface area contributed by atoms with E-state index in [0.29, 0.717) is 6.54 Å². The highest BCUT2D eigenvalue weighted by Crippen LogP contribution is 2.30. The number of aryl methyl sites for hydroxylation is 3. The zero-order valence-corrected chi connectivity index (χ0v) is 11.7. The standard InChI is InChI=1S/C13H19F2N3O2/c1-9-6-10(2)18(17-9)5-3-4-16-8-11-7-13(14,15)12(19)20-11/h6,11,16H,3-5,7-8H2,1-2H3. The molecule has 0 aliphatic carbocycles. The third kappa shape index (κ3) is 3.53. The highest BCUT2D eigenvalue weighted by Gasteiger charge is 2.50. The topological polar surface area (TPSA) is 56.2 Å².